The minimum Gasteiger partial charge on any atom is -0.489 e. The lowest BCUT2D eigenvalue weighted by atomic mass is 10.0. The number of ether oxygens (including phenoxy) is 1. The zero-order valence-corrected chi connectivity index (χ0v) is 20.2. The van der Waals surface area contributed by atoms with Gasteiger partial charge in [0.1, 0.15) is 12.4 Å². The Morgan fingerprint density at radius 1 is 1.09 bits per heavy atom. The van der Waals surface area contributed by atoms with E-state index in [0.717, 1.165) is 43.9 Å². The highest BCUT2D eigenvalue weighted by atomic mass is 16.5. The number of aryl methyl sites for hydroxylation is 1. The van der Waals surface area contributed by atoms with Gasteiger partial charge in [0.25, 0.3) is 5.56 Å². The molecular formula is C29H32N4O2. The van der Waals surface area contributed by atoms with Gasteiger partial charge in [0, 0.05) is 56.1 Å². The van der Waals surface area contributed by atoms with Gasteiger partial charge in [-0.15, -0.1) is 0 Å². The number of fused-ring (bicyclic) bond motifs is 3. The molecule has 0 saturated carbocycles. The number of rotatable bonds is 6. The second kappa shape index (κ2) is 9.36. The van der Waals surface area contributed by atoms with Gasteiger partial charge in [0.2, 0.25) is 0 Å². The molecule has 2 aromatic heterocycles. The molecule has 0 amide bonds. The van der Waals surface area contributed by atoms with Crippen LogP contribution in [0.2, 0.25) is 0 Å². The molecule has 180 valence electrons. The van der Waals surface area contributed by atoms with Crippen LogP contribution in [-0.4, -0.2) is 39.7 Å². The summed E-state index contributed by atoms with van der Waals surface area (Å²) in [6.45, 7) is 4.82. The van der Waals surface area contributed by atoms with Gasteiger partial charge < -0.3 is 14.6 Å². The molecule has 0 spiro atoms. The van der Waals surface area contributed by atoms with Crippen molar-refractivity contribution in [3.8, 4) is 11.4 Å². The Balaban J connectivity index is 1.23. The summed E-state index contributed by atoms with van der Waals surface area (Å²) in [7, 11) is 2.16. The smallest absolute Gasteiger partial charge is 0.258 e. The van der Waals surface area contributed by atoms with Crippen molar-refractivity contribution in [1.29, 1.82) is 0 Å². The third kappa shape index (κ3) is 4.40. The van der Waals surface area contributed by atoms with Gasteiger partial charge in [0.15, 0.2) is 0 Å². The van der Waals surface area contributed by atoms with E-state index in [1.165, 1.54) is 35.0 Å². The molecular weight excluding hydrogens is 436 g/mol. The summed E-state index contributed by atoms with van der Waals surface area (Å²) in [5.41, 5.74) is 5.91. The molecule has 4 aromatic rings. The van der Waals surface area contributed by atoms with Gasteiger partial charge in [-0.3, -0.25) is 14.3 Å². The van der Waals surface area contributed by atoms with Crippen LogP contribution >= 0.6 is 0 Å². The number of hydrogen-bond acceptors (Lipinski definition) is 4. The minimum absolute atomic E-state index is 0.0934. The fourth-order valence-corrected chi connectivity index (χ4v) is 5.63. The van der Waals surface area contributed by atoms with Crippen molar-refractivity contribution < 1.29 is 4.74 Å². The third-order valence-corrected chi connectivity index (χ3v) is 7.53. The number of hydrogen-bond donors (Lipinski definition) is 1. The molecule has 35 heavy (non-hydrogen) atoms. The van der Waals surface area contributed by atoms with Crippen LogP contribution < -0.4 is 15.6 Å². The maximum atomic E-state index is 12.9. The fraction of sp³-hybridized carbons (Fsp3) is 0.345. The summed E-state index contributed by atoms with van der Waals surface area (Å²) >= 11 is 0. The van der Waals surface area contributed by atoms with E-state index in [-0.39, 0.29) is 5.56 Å². The lowest BCUT2D eigenvalue weighted by molar-refractivity contribution is 0.227. The van der Waals surface area contributed by atoms with Crippen molar-refractivity contribution in [2.45, 2.75) is 38.5 Å². The van der Waals surface area contributed by atoms with Crippen molar-refractivity contribution in [1.82, 2.24) is 19.4 Å². The molecule has 4 heterocycles. The summed E-state index contributed by atoms with van der Waals surface area (Å²) in [5.74, 6) is 0.586. The first-order chi connectivity index (χ1) is 17.2. The van der Waals surface area contributed by atoms with Gasteiger partial charge in [-0.2, -0.15) is 0 Å². The number of nitrogens with one attached hydrogen (secondary N) is 1. The first-order valence-corrected chi connectivity index (χ1v) is 12.6. The lowest BCUT2D eigenvalue weighted by Crippen LogP contribution is -2.40. The average molecular weight is 469 g/mol. The predicted molar refractivity (Wildman–Crippen MR) is 139 cm³/mol. The monoisotopic (exact) mass is 468 g/mol. The Morgan fingerprint density at radius 3 is 2.77 bits per heavy atom. The summed E-state index contributed by atoms with van der Waals surface area (Å²) in [4.78, 5) is 15.5. The molecule has 6 heteroatoms. The quantitative estimate of drug-likeness (QED) is 0.465. The Hall–Kier alpha value is -3.35. The second-order valence-electron chi connectivity index (χ2n) is 9.81. The van der Waals surface area contributed by atoms with Crippen LogP contribution in [0, 0.1) is 0 Å². The second-order valence-corrected chi connectivity index (χ2v) is 9.81. The number of benzene rings is 2. The zero-order valence-electron chi connectivity index (χ0n) is 20.2. The van der Waals surface area contributed by atoms with E-state index < -0.39 is 0 Å². The average Bonchev–Trinajstić information content (AvgIpc) is 3.49. The maximum absolute atomic E-state index is 12.9. The van der Waals surface area contributed by atoms with Gasteiger partial charge in [-0.25, -0.2) is 0 Å². The molecule has 0 bridgehead atoms. The van der Waals surface area contributed by atoms with Crippen LogP contribution in [0.4, 0.5) is 0 Å². The van der Waals surface area contributed by atoms with E-state index in [9.17, 15) is 4.79 Å². The number of aromatic nitrogens is 2. The number of pyridine rings is 1. The van der Waals surface area contributed by atoms with Crippen molar-refractivity contribution in [2.24, 2.45) is 7.05 Å². The lowest BCUT2D eigenvalue weighted by Gasteiger charge is -2.30. The molecule has 2 aliphatic rings. The van der Waals surface area contributed by atoms with Crippen LogP contribution in [0.1, 0.15) is 29.7 Å². The third-order valence-electron chi connectivity index (χ3n) is 7.53. The minimum atomic E-state index is -0.0934. The van der Waals surface area contributed by atoms with E-state index in [0.29, 0.717) is 18.4 Å². The molecule has 6 rings (SSSR count). The first kappa shape index (κ1) is 22.1. The van der Waals surface area contributed by atoms with Gasteiger partial charge in [-0.1, -0.05) is 36.4 Å². The van der Waals surface area contributed by atoms with E-state index in [1.807, 2.05) is 42.6 Å². The molecule has 0 aliphatic carbocycles. The van der Waals surface area contributed by atoms with Crippen LogP contribution in [0.5, 0.6) is 5.75 Å². The van der Waals surface area contributed by atoms with Crippen molar-refractivity contribution in [3.63, 3.8) is 0 Å². The van der Waals surface area contributed by atoms with Gasteiger partial charge in [0.05, 0.1) is 11.2 Å². The predicted octanol–water partition coefficient (Wildman–Crippen LogP) is 4.02. The Bertz CT molecular complexity index is 1400. The molecule has 1 N–H and O–H groups in total. The zero-order chi connectivity index (χ0) is 23.8. The summed E-state index contributed by atoms with van der Waals surface area (Å²) in [6, 6.07) is 20.4. The summed E-state index contributed by atoms with van der Waals surface area (Å²) in [5, 5.41) is 4.94. The largest absolute Gasteiger partial charge is 0.489 e. The molecule has 1 saturated heterocycles. The van der Waals surface area contributed by atoms with Gasteiger partial charge >= 0.3 is 0 Å². The van der Waals surface area contributed by atoms with E-state index in [4.69, 9.17) is 4.74 Å². The van der Waals surface area contributed by atoms with Crippen LogP contribution in [0.15, 0.2) is 71.7 Å². The highest BCUT2D eigenvalue weighted by molar-refractivity contribution is 5.87. The van der Waals surface area contributed by atoms with E-state index >= 15 is 0 Å². The number of nitrogens with zero attached hydrogens (tertiary/aromatic N) is 3. The van der Waals surface area contributed by atoms with Crippen LogP contribution in [0.25, 0.3) is 16.6 Å². The molecule has 0 unspecified atom stereocenters. The van der Waals surface area contributed by atoms with Gasteiger partial charge in [-0.05, 0) is 55.1 Å². The van der Waals surface area contributed by atoms with Crippen LogP contribution in [-0.2, 0) is 26.6 Å². The molecule has 2 aliphatic heterocycles. The van der Waals surface area contributed by atoms with Crippen molar-refractivity contribution in [2.75, 3.05) is 19.6 Å². The molecule has 2 aromatic carbocycles. The first-order valence-electron chi connectivity index (χ1n) is 12.6. The standard InChI is InChI=1S/C29H32N4O2/c1-31-27-16-23(33-15-11-24(17-29(33)34)35-20-21-6-3-2-4-7-21)9-10-25(27)26-12-14-32(19-28(26)31)18-22-8-5-13-30-22/h2-4,6-7,9-11,15-17,22,30H,5,8,12-14,18-20H2,1H3/t22-/m0/s1. The molecule has 6 nitrogen and oxygen atoms in total. The Morgan fingerprint density at radius 2 is 1.97 bits per heavy atom. The summed E-state index contributed by atoms with van der Waals surface area (Å²) < 4.78 is 9.86. The Kier molecular flexibility index (Phi) is 5.92. The molecule has 1 atom stereocenters. The van der Waals surface area contributed by atoms with Crippen molar-refractivity contribution >= 4 is 10.9 Å². The fourth-order valence-electron chi connectivity index (χ4n) is 5.63. The molecule has 0 radical (unpaired) electrons. The topological polar surface area (TPSA) is 51.4 Å². The summed E-state index contributed by atoms with van der Waals surface area (Å²) in [6.07, 6.45) is 5.46. The molecule has 1 fully saturated rings. The highest BCUT2D eigenvalue weighted by Crippen LogP contribution is 2.31. The highest BCUT2D eigenvalue weighted by Gasteiger charge is 2.25. The van der Waals surface area contributed by atoms with E-state index in [1.54, 1.807) is 10.6 Å². The normalized spacial score (nSPS) is 18.1. The SMILES string of the molecule is Cn1c2c(c3ccc(-n4ccc(OCc5ccccc5)cc4=O)cc31)CCN(C[C@@H]1CCCN1)C2. The van der Waals surface area contributed by atoms with Crippen molar-refractivity contribution in [3.05, 3.63) is 94.0 Å². The maximum Gasteiger partial charge on any atom is 0.258 e. The Labute approximate surface area is 205 Å². The van der Waals surface area contributed by atoms with Crippen LogP contribution in [0.3, 0.4) is 0 Å². The van der Waals surface area contributed by atoms with E-state index in [2.05, 4.69) is 40.0 Å².